The van der Waals surface area contributed by atoms with Gasteiger partial charge in [0.1, 0.15) is 5.75 Å². The van der Waals surface area contributed by atoms with E-state index in [0.717, 1.165) is 12.8 Å². The second-order valence-corrected chi connectivity index (χ2v) is 4.87. The summed E-state index contributed by atoms with van der Waals surface area (Å²) in [6, 6.07) is 4.33. The fourth-order valence-corrected chi connectivity index (χ4v) is 2.00. The van der Waals surface area contributed by atoms with Crippen LogP contribution in [-0.2, 0) is 0 Å². The van der Waals surface area contributed by atoms with Crippen LogP contribution in [0, 0.1) is 10.1 Å². The molecule has 1 aromatic carbocycles. The normalized spacial score (nSPS) is 11.9. The zero-order valence-electron chi connectivity index (χ0n) is 12.0. The minimum absolute atomic E-state index is 0.00791. The van der Waals surface area contributed by atoms with E-state index < -0.39 is 4.92 Å². The van der Waals surface area contributed by atoms with Crippen molar-refractivity contribution in [1.82, 2.24) is 0 Å². The van der Waals surface area contributed by atoms with Crippen LogP contribution in [0.1, 0.15) is 56.3 Å². The molecule has 0 amide bonds. The smallest absolute Gasteiger partial charge is 0.283 e. The number of ether oxygens (including phenoxy) is 1. The van der Waals surface area contributed by atoms with E-state index in [1.54, 1.807) is 6.07 Å². The van der Waals surface area contributed by atoms with Crippen molar-refractivity contribution in [3.8, 4) is 5.75 Å². The summed E-state index contributed by atoms with van der Waals surface area (Å²) in [7, 11) is 0. The second-order valence-electron chi connectivity index (χ2n) is 4.87. The number of nitro groups is 1. The van der Waals surface area contributed by atoms with Crippen molar-refractivity contribution < 1.29 is 14.5 Å². The molecule has 20 heavy (non-hydrogen) atoms. The first-order chi connectivity index (χ1) is 9.58. The van der Waals surface area contributed by atoms with E-state index in [-0.39, 0.29) is 17.4 Å². The largest absolute Gasteiger partial charge is 0.490 e. The number of hydrogen-bond acceptors (Lipinski definition) is 4. The Morgan fingerprint density at radius 2 is 2.10 bits per heavy atom. The highest BCUT2D eigenvalue weighted by Crippen LogP contribution is 2.25. The fourth-order valence-electron chi connectivity index (χ4n) is 2.00. The third-order valence-corrected chi connectivity index (χ3v) is 3.13. The van der Waals surface area contributed by atoms with E-state index in [4.69, 9.17) is 4.74 Å². The number of benzene rings is 1. The van der Waals surface area contributed by atoms with Crippen LogP contribution in [0.15, 0.2) is 18.2 Å². The van der Waals surface area contributed by atoms with Crippen molar-refractivity contribution in [3.05, 3.63) is 33.9 Å². The zero-order chi connectivity index (χ0) is 15.0. The molecule has 0 radical (unpaired) electrons. The highest BCUT2D eigenvalue weighted by molar-refractivity contribution is 5.81. The Balaban J connectivity index is 2.61. The van der Waals surface area contributed by atoms with E-state index in [1.807, 2.05) is 6.92 Å². The summed E-state index contributed by atoms with van der Waals surface area (Å²) in [5.74, 6) is 0.435. The third-order valence-electron chi connectivity index (χ3n) is 3.13. The molecule has 1 atom stereocenters. The van der Waals surface area contributed by atoms with Crippen LogP contribution in [-0.4, -0.2) is 17.3 Å². The van der Waals surface area contributed by atoms with Crippen molar-refractivity contribution in [1.29, 1.82) is 0 Å². The lowest BCUT2D eigenvalue weighted by atomic mass is 10.1. The maximum absolute atomic E-state index is 10.9. The summed E-state index contributed by atoms with van der Waals surface area (Å²) in [6.07, 6.45) is 6.08. The van der Waals surface area contributed by atoms with Gasteiger partial charge in [-0.2, -0.15) is 0 Å². The fraction of sp³-hybridized carbons (Fsp3) is 0.533. The maximum Gasteiger partial charge on any atom is 0.283 e. The van der Waals surface area contributed by atoms with Gasteiger partial charge >= 0.3 is 0 Å². The van der Waals surface area contributed by atoms with Gasteiger partial charge in [-0.15, -0.1) is 0 Å². The van der Waals surface area contributed by atoms with Gasteiger partial charge in [0.15, 0.2) is 6.29 Å². The van der Waals surface area contributed by atoms with Crippen LogP contribution in [0.2, 0.25) is 0 Å². The molecule has 1 aromatic rings. The number of unbranched alkanes of at least 4 members (excludes halogenated alkanes) is 3. The lowest BCUT2D eigenvalue weighted by Gasteiger charge is -2.14. The lowest BCUT2D eigenvalue weighted by Crippen LogP contribution is -2.11. The van der Waals surface area contributed by atoms with Crippen molar-refractivity contribution in [2.45, 2.75) is 52.1 Å². The molecule has 0 aromatic heterocycles. The monoisotopic (exact) mass is 279 g/mol. The first-order valence-electron chi connectivity index (χ1n) is 6.98. The molecule has 0 aliphatic carbocycles. The van der Waals surface area contributed by atoms with E-state index >= 15 is 0 Å². The van der Waals surface area contributed by atoms with Crippen LogP contribution >= 0.6 is 0 Å². The number of hydrogen-bond donors (Lipinski definition) is 0. The lowest BCUT2D eigenvalue weighted by molar-refractivity contribution is -0.385. The molecule has 0 bridgehead atoms. The zero-order valence-corrected chi connectivity index (χ0v) is 12.0. The summed E-state index contributed by atoms with van der Waals surface area (Å²) in [5.41, 5.74) is -0.145. The number of carbonyl (C=O) groups excluding carboxylic acids is 1. The second kappa shape index (κ2) is 8.30. The van der Waals surface area contributed by atoms with Crippen LogP contribution in [0.3, 0.4) is 0 Å². The Hall–Kier alpha value is -1.91. The molecule has 5 heteroatoms. The molecule has 0 aliphatic heterocycles. The standard InChI is InChI=1S/C15H21NO4/c1-3-4-5-6-7-12(2)20-14-9-8-13(11-17)15(10-14)16(18)19/h8-12H,3-7H2,1-2H3/t12-/m0/s1. The van der Waals surface area contributed by atoms with Crippen molar-refractivity contribution in [2.75, 3.05) is 0 Å². The van der Waals surface area contributed by atoms with Gasteiger partial charge in [0.2, 0.25) is 0 Å². The Morgan fingerprint density at radius 1 is 1.35 bits per heavy atom. The van der Waals surface area contributed by atoms with E-state index in [0.29, 0.717) is 12.0 Å². The maximum atomic E-state index is 10.9. The Labute approximate surface area is 119 Å². The minimum Gasteiger partial charge on any atom is -0.490 e. The molecule has 1 rings (SSSR count). The molecular weight excluding hydrogens is 258 g/mol. The van der Waals surface area contributed by atoms with Gasteiger partial charge in [-0.05, 0) is 31.9 Å². The quantitative estimate of drug-likeness (QED) is 0.295. The molecule has 0 spiro atoms. The topological polar surface area (TPSA) is 69.4 Å². The molecule has 0 fully saturated rings. The van der Waals surface area contributed by atoms with Crippen molar-refractivity contribution in [3.63, 3.8) is 0 Å². The number of nitro benzene ring substituents is 1. The summed E-state index contributed by atoms with van der Waals surface area (Å²) >= 11 is 0. The predicted molar refractivity (Wildman–Crippen MR) is 77.3 cm³/mol. The molecule has 0 saturated heterocycles. The van der Waals surface area contributed by atoms with Gasteiger partial charge in [0.25, 0.3) is 5.69 Å². The molecule has 0 heterocycles. The molecule has 0 saturated carbocycles. The van der Waals surface area contributed by atoms with Crippen LogP contribution in [0.5, 0.6) is 5.75 Å². The first-order valence-corrected chi connectivity index (χ1v) is 6.98. The van der Waals surface area contributed by atoms with Crippen LogP contribution < -0.4 is 4.74 Å². The van der Waals surface area contributed by atoms with E-state index in [2.05, 4.69) is 6.92 Å². The van der Waals surface area contributed by atoms with Gasteiger partial charge in [-0.25, -0.2) is 0 Å². The van der Waals surface area contributed by atoms with Crippen LogP contribution in [0.25, 0.3) is 0 Å². The highest BCUT2D eigenvalue weighted by Gasteiger charge is 2.15. The predicted octanol–water partition coefficient (Wildman–Crippen LogP) is 4.15. The molecule has 0 aliphatic rings. The van der Waals surface area contributed by atoms with E-state index in [9.17, 15) is 14.9 Å². The number of nitrogens with zero attached hydrogens (tertiary/aromatic N) is 1. The van der Waals surface area contributed by atoms with Crippen LogP contribution in [0.4, 0.5) is 5.69 Å². The summed E-state index contributed by atoms with van der Waals surface area (Å²) < 4.78 is 5.66. The Morgan fingerprint density at radius 3 is 2.70 bits per heavy atom. The molecule has 0 unspecified atom stereocenters. The first kappa shape index (κ1) is 16.1. The van der Waals surface area contributed by atoms with Gasteiger partial charge < -0.3 is 4.74 Å². The van der Waals surface area contributed by atoms with Gasteiger partial charge in [-0.3, -0.25) is 14.9 Å². The van der Waals surface area contributed by atoms with Gasteiger partial charge in [0, 0.05) is 0 Å². The van der Waals surface area contributed by atoms with E-state index in [1.165, 1.54) is 31.4 Å². The average molecular weight is 279 g/mol. The highest BCUT2D eigenvalue weighted by atomic mass is 16.6. The number of carbonyl (C=O) groups is 1. The molecule has 110 valence electrons. The van der Waals surface area contributed by atoms with Gasteiger partial charge in [-0.1, -0.05) is 26.2 Å². The number of rotatable bonds is 9. The molecular formula is C15H21NO4. The molecule has 5 nitrogen and oxygen atoms in total. The minimum atomic E-state index is -0.567. The molecule has 0 N–H and O–H groups in total. The SMILES string of the molecule is CCCCCC[C@H](C)Oc1ccc(C=O)c([N+](=O)[O-])c1. The Kier molecular flexibility index (Phi) is 6.70. The number of aldehydes is 1. The Bertz CT molecular complexity index is 459. The average Bonchev–Trinajstić information content (AvgIpc) is 2.43. The summed E-state index contributed by atoms with van der Waals surface area (Å²) in [6.45, 7) is 4.11. The third kappa shape index (κ3) is 4.99. The summed E-state index contributed by atoms with van der Waals surface area (Å²) in [5, 5.41) is 10.9. The van der Waals surface area contributed by atoms with Crippen molar-refractivity contribution >= 4 is 12.0 Å². The van der Waals surface area contributed by atoms with Gasteiger partial charge in [0.05, 0.1) is 22.7 Å². The summed E-state index contributed by atoms with van der Waals surface area (Å²) in [4.78, 5) is 21.0. The van der Waals surface area contributed by atoms with Crippen molar-refractivity contribution in [2.24, 2.45) is 0 Å².